The summed E-state index contributed by atoms with van der Waals surface area (Å²) in [5, 5.41) is 4.67. The van der Waals surface area contributed by atoms with Gasteiger partial charge in [0.2, 0.25) is 0 Å². The molecule has 241 valence electrons. The maximum Gasteiger partial charge on any atom is 0.0347 e. The third kappa shape index (κ3) is 7.47. The Labute approximate surface area is 303 Å². The molecule has 47 heavy (non-hydrogen) atoms. The number of pyridine rings is 2. The van der Waals surface area contributed by atoms with E-state index in [0.29, 0.717) is 0 Å². The molecule has 0 amide bonds. The van der Waals surface area contributed by atoms with Crippen LogP contribution in [-0.2, 0) is 20.1 Å². The Morgan fingerprint density at radius 1 is 0.787 bits per heavy atom. The molecule has 0 unspecified atom stereocenters. The number of rotatable bonds is 5. The summed E-state index contributed by atoms with van der Waals surface area (Å²) in [4.78, 5) is 9.26. The summed E-state index contributed by atoms with van der Waals surface area (Å²) in [6, 6.07) is 35.7. The fraction of sp³-hybridized carbons (Fsp3) is 0.238. The maximum atomic E-state index is 8.44. The van der Waals surface area contributed by atoms with E-state index in [1.54, 1.807) is 17.5 Å². The second-order valence-electron chi connectivity index (χ2n) is 13.4. The Kier molecular flexibility index (Phi) is 10.0. The quantitative estimate of drug-likeness (QED) is 0.127. The molecule has 0 N–H and O–H groups in total. The predicted molar refractivity (Wildman–Crippen MR) is 203 cm³/mol. The van der Waals surface area contributed by atoms with Crippen molar-refractivity contribution in [1.82, 2.24) is 9.97 Å². The molecular weight excluding hydrogens is 829 g/mol. The summed E-state index contributed by atoms with van der Waals surface area (Å²) in [6.07, 6.45) is 3.87. The Balaban J connectivity index is 0.000000221. The number of hydrogen-bond donors (Lipinski definition) is 0. The number of thiophene rings is 1. The van der Waals surface area contributed by atoms with E-state index in [1.807, 2.05) is 64.1 Å². The maximum absolute atomic E-state index is 8.44. The molecule has 0 atom stereocenters. The largest absolute Gasteiger partial charge is 0.295 e. The molecule has 0 aliphatic carbocycles. The molecule has 4 aromatic carbocycles. The molecule has 2 nitrogen and oxygen atoms in total. The zero-order valence-electron chi connectivity index (χ0n) is 30.4. The molecule has 0 spiro atoms. The van der Waals surface area contributed by atoms with Crippen molar-refractivity contribution in [1.29, 1.82) is 0 Å². The van der Waals surface area contributed by atoms with Crippen molar-refractivity contribution < 1.29 is 22.8 Å². The van der Waals surface area contributed by atoms with Crippen LogP contribution in [0.1, 0.15) is 58.9 Å². The van der Waals surface area contributed by atoms with Crippen LogP contribution in [0.5, 0.6) is 0 Å². The second kappa shape index (κ2) is 14.5. The van der Waals surface area contributed by atoms with E-state index in [0.717, 1.165) is 43.7 Å². The van der Waals surface area contributed by atoms with Crippen molar-refractivity contribution in [3.63, 3.8) is 0 Å². The van der Waals surface area contributed by atoms with E-state index in [9.17, 15) is 0 Å². The smallest absolute Gasteiger partial charge is 0.0347 e. The van der Waals surface area contributed by atoms with Gasteiger partial charge in [-0.25, -0.2) is 0 Å². The number of benzene rings is 4. The van der Waals surface area contributed by atoms with Crippen LogP contribution in [0.2, 0.25) is 17.3 Å². The van der Waals surface area contributed by atoms with Gasteiger partial charge in [0.25, 0.3) is 0 Å². The zero-order chi connectivity index (χ0) is 34.4. The van der Waals surface area contributed by atoms with Gasteiger partial charge in [0.05, 0.1) is 0 Å². The number of aryl methyl sites for hydroxylation is 1. The molecule has 0 aliphatic heterocycles. The van der Waals surface area contributed by atoms with Gasteiger partial charge in [-0.15, -0.1) is 17.5 Å². The second-order valence-corrected chi connectivity index (χ2v) is 25.0. The van der Waals surface area contributed by atoms with E-state index >= 15 is 0 Å². The number of aromatic nitrogens is 2. The molecule has 3 aromatic heterocycles. The van der Waals surface area contributed by atoms with Crippen molar-refractivity contribution >= 4 is 59.9 Å². The van der Waals surface area contributed by atoms with Crippen LogP contribution in [0.3, 0.4) is 0 Å². The van der Waals surface area contributed by atoms with Crippen LogP contribution in [-0.4, -0.2) is 23.2 Å². The average Bonchev–Trinajstić information content (AvgIpc) is 3.43. The Bertz CT molecular complexity index is 2260. The van der Waals surface area contributed by atoms with Crippen molar-refractivity contribution in [2.24, 2.45) is 0 Å². The molecular formula is C42H42GeIrN2S-2. The first-order chi connectivity index (χ1) is 22.6. The summed E-state index contributed by atoms with van der Waals surface area (Å²) in [5.74, 6) is 5.87. The van der Waals surface area contributed by atoms with Crippen molar-refractivity contribution in [3.05, 3.63) is 126 Å². The summed E-state index contributed by atoms with van der Waals surface area (Å²) in [7, 11) is 0. The zero-order valence-corrected chi connectivity index (χ0v) is 33.7. The predicted octanol–water partition coefficient (Wildman–Crippen LogP) is 11.7. The van der Waals surface area contributed by atoms with E-state index < -0.39 is 25.1 Å². The molecule has 5 heteroatoms. The SMILES string of the molecule is Cc1cc(-c2[c-]cccc2)nc[c]1[Ge]([CH3])([CH3])[CH3].[2H]C(C)(C)c1ccnc(-c2[c-]c3ccccc3c3c2sc2cc(C([2H])(C)C)ccc23)c1.[Ir]. The Hall–Kier alpha value is -3.15. The molecule has 0 aliphatic rings. The molecule has 7 aromatic rings. The summed E-state index contributed by atoms with van der Waals surface area (Å²) in [5.41, 5.74) is 7.25. The molecule has 0 saturated heterocycles. The number of nitrogens with zero attached hydrogens (tertiary/aromatic N) is 2. The van der Waals surface area contributed by atoms with Gasteiger partial charge in [0, 0.05) is 39.4 Å². The molecule has 7 rings (SSSR count). The Morgan fingerprint density at radius 3 is 2.19 bits per heavy atom. The topological polar surface area (TPSA) is 25.8 Å². The summed E-state index contributed by atoms with van der Waals surface area (Å²) in [6.45, 7) is 9.84. The van der Waals surface area contributed by atoms with Gasteiger partial charge < -0.3 is 0 Å². The first-order valence-corrected chi connectivity index (χ1v) is 24.0. The van der Waals surface area contributed by atoms with Crippen LogP contribution in [0.15, 0.2) is 97.3 Å². The minimum absolute atomic E-state index is 0. The van der Waals surface area contributed by atoms with E-state index in [4.69, 9.17) is 2.74 Å². The minimum atomic E-state index is -1.77. The van der Waals surface area contributed by atoms with E-state index in [1.165, 1.54) is 30.8 Å². The van der Waals surface area contributed by atoms with Crippen molar-refractivity contribution in [2.75, 3.05) is 0 Å². The van der Waals surface area contributed by atoms with Gasteiger partial charge in [0.1, 0.15) is 0 Å². The first-order valence-electron chi connectivity index (χ1n) is 16.8. The van der Waals surface area contributed by atoms with Gasteiger partial charge in [-0.1, -0.05) is 80.4 Å². The average molecular weight is 874 g/mol. The van der Waals surface area contributed by atoms with Gasteiger partial charge in [-0.05, 0) is 45.1 Å². The summed E-state index contributed by atoms with van der Waals surface area (Å²) < 4.78 is 20.7. The van der Waals surface area contributed by atoms with E-state index in [2.05, 4.69) is 101 Å². The standard InChI is InChI=1S/C27H24NS.C15H18GeN.Ir/c1-16(2)18-9-10-22-25(15-18)29-27-23(24-14-19(17(3)4)11-12-28-24)13-20-7-5-6-8-21(20)26(22)27;1-12-10-15(13-8-6-5-7-9-13)17-11-14(12)16(2,3)4;/h5-12,14-17H,1-4H3;5-8,10-11H,1-4H3;/q2*-1;/i16D,17D;;. The third-order valence-electron chi connectivity index (χ3n) is 8.45. The summed E-state index contributed by atoms with van der Waals surface area (Å²) >= 11 is -0.0325. The van der Waals surface area contributed by atoms with E-state index in [-0.39, 0.29) is 20.1 Å². The van der Waals surface area contributed by atoms with Crippen molar-refractivity contribution in [2.45, 2.75) is 63.7 Å². The van der Waals surface area contributed by atoms with Gasteiger partial charge in [0.15, 0.2) is 0 Å². The minimum Gasteiger partial charge on any atom is -0.295 e. The number of hydrogen-bond acceptors (Lipinski definition) is 3. The monoisotopic (exact) mass is 875 g/mol. The molecule has 0 fully saturated rings. The Morgan fingerprint density at radius 2 is 1.51 bits per heavy atom. The van der Waals surface area contributed by atoms with Gasteiger partial charge in [-0.2, -0.15) is 11.3 Å². The first kappa shape index (κ1) is 32.4. The fourth-order valence-corrected chi connectivity index (χ4v) is 10.8. The molecule has 1 radical (unpaired) electrons. The van der Waals surface area contributed by atoms with Crippen LogP contribution in [0.4, 0.5) is 0 Å². The number of fused-ring (bicyclic) bond motifs is 5. The van der Waals surface area contributed by atoms with Crippen LogP contribution in [0.25, 0.3) is 53.5 Å². The fourth-order valence-electron chi connectivity index (χ4n) is 5.95. The normalized spacial score (nSPS) is 12.7. The molecule has 0 saturated carbocycles. The van der Waals surface area contributed by atoms with Crippen molar-refractivity contribution in [3.8, 4) is 22.5 Å². The molecule has 0 bridgehead atoms. The van der Waals surface area contributed by atoms with Crippen LogP contribution in [0, 0.1) is 19.1 Å². The van der Waals surface area contributed by atoms with Gasteiger partial charge >= 0.3 is 106 Å². The van der Waals surface area contributed by atoms with Gasteiger partial charge in [-0.3, -0.25) is 4.98 Å². The molecule has 3 heterocycles. The van der Waals surface area contributed by atoms with Crippen LogP contribution >= 0.6 is 11.3 Å². The van der Waals surface area contributed by atoms with Crippen LogP contribution < -0.4 is 4.40 Å². The third-order valence-corrected chi connectivity index (χ3v) is 14.1.